The van der Waals surface area contributed by atoms with Crippen molar-refractivity contribution in [3.05, 3.63) is 59.5 Å². The van der Waals surface area contributed by atoms with E-state index in [0.29, 0.717) is 40.8 Å². The first-order valence-electron chi connectivity index (χ1n) is 15.0. The number of anilines is 5. The van der Waals surface area contributed by atoms with E-state index in [1.807, 2.05) is 30.0 Å². The van der Waals surface area contributed by atoms with E-state index in [-0.39, 0.29) is 23.2 Å². The summed E-state index contributed by atoms with van der Waals surface area (Å²) >= 11 is 0. The van der Waals surface area contributed by atoms with Gasteiger partial charge in [0.15, 0.2) is 5.75 Å². The summed E-state index contributed by atoms with van der Waals surface area (Å²) in [6, 6.07) is 9.86. The minimum atomic E-state index is -0.649. The molecule has 0 fully saturated rings. The SMILES string of the molecule is CCCN(CCC)[C@@H](C)C(=O)N1CCc2cc(OC)c(Nc3nc(Nc4cccc(F)c4C(=O)NC)c4cc[nH]c4[nH+]3)cc21. The zero-order valence-corrected chi connectivity index (χ0v) is 25.8. The normalized spacial score (nSPS) is 13.2. The fourth-order valence-electron chi connectivity index (χ4n) is 5.75. The largest absolute Gasteiger partial charge is 0.493 e. The standard InChI is InChI=1S/C32H39FN8O3/c1-6-14-40(15-7-2)19(3)31(43)41-16-12-20-17-26(44-5)24(18-25(20)41)37-32-38-28-21(11-13-35-28)29(39-32)36-23-10-8-9-22(33)27(23)30(42)34-4/h8-11,13,17-19H,6-7,12,14-16H2,1-5H3,(H,34,42)(H3,35,36,37,38,39)/p+1/t19-/m0/s1. The number of hydrogen-bond donors (Lipinski definition) is 4. The Bertz CT molecular complexity index is 1670. The van der Waals surface area contributed by atoms with Crippen molar-refractivity contribution >= 4 is 51.7 Å². The van der Waals surface area contributed by atoms with Crippen molar-refractivity contribution in [3.63, 3.8) is 0 Å². The van der Waals surface area contributed by atoms with Crippen LogP contribution in [-0.2, 0) is 11.2 Å². The number of methoxy groups -OCH3 is 1. The van der Waals surface area contributed by atoms with Crippen LogP contribution in [0.4, 0.5) is 33.2 Å². The number of fused-ring (bicyclic) bond motifs is 2. The molecule has 2 aromatic carbocycles. The molecule has 232 valence electrons. The van der Waals surface area contributed by atoms with Gasteiger partial charge < -0.3 is 20.3 Å². The first-order valence-corrected chi connectivity index (χ1v) is 15.0. The Hall–Kier alpha value is -4.71. The van der Waals surface area contributed by atoms with Gasteiger partial charge in [0.1, 0.15) is 11.5 Å². The van der Waals surface area contributed by atoms with Gasteiger partial charge in [-0.3, -0.25) is 24.8 Å². The van der Waals surface area contributed by atoms with Gasteiger partial charge in [0.25, 0.3) is 5.91 Å². The molecule has 11 nitrogen and oxygen atoms in total. The van der Waals surface area contributed by atoms with E-state index in [9.17, 15) is 14.0 Å². The maximum Gasteiger partial charge on any atom is 0.351 e. The highest BCUT2D eigenvalue weighted by Crippen LogP contribution is 2.39. The van der Waals surface area contributed by atoms with Gasteiger partial charge in [-0.05, 0) is 69.1 Å². The van der Waals surface area contributed by atoms with Crippen molar-refractivity contribution in [1.29, 1.82) is 0 Å². The molecule has 0 saturated heterocycles. The molecule has 4 aromatic rings. The summed E-state index contributed by atoms with van der Waals surface area (Å²) in [7, 11) is 3.05. The molecule has 0 spiro atoms. The van der Waals surface area contributed by atoms with Crippen LogP contribution in [0.3, 0.4) is 0 Å². The summed E-state index contributed by atoms with van der Waals surface area (Å²) in [6.07, 6.45) is 4.46. The van der Waals surface area contributed by atoms with Crippen molar-refractivity contribution in [3.8, 4) is 5.75 Å². The average Bonchev–Trinajstić information content (AvgIpc) is 3.66. The molecule has 5 N–H and O–H groups in total. The summed E-state index contributed by atoms with van der Waals surface area (Å²) in [5, 5.41) is 9.65. The Labute approximate surface area is 256 Å². The van der Waals surface area contributed by atoms with Crippen molar-refractivity contribution in [1.82, 2.24) is 20.2 Å². The van der Waals surface area contributed by atoms with Crippen molar-refractivity contribution in [2.45, 2.75) is 46.1 Å². The van der Waals surface area contributed by atoms with Gasteiger partial charge in [-0.2, -0.15) is 0 Å². The van der Waals surface area contributed by atoms with Crippen LogP contribution in [-0.4, -0.2) is 66.5 Å². The first-order chi connectivity index (χ1) is 21.3. The third-order valence-electron chi connectivity index (χ3n) is 7.93. The van der Waals surface area contributed by atoms with Crippen LogP contribution in [0.1, 0.15) is 49.5 Å². The van der Waals surface area contributed by atoms with Gasteiger partial charge in [-0.25, -0.2) is 9.37 Å². The van der Waals surface area contributed by atoms with E-state index in [4.69, 9.17) is 9.72 Å². The summed E-state index contributed by atoms with van der Waals surface area (Å²) in [6.45, 7) is 8.59. The summed E-state index contributed by atoms with van der Waals surface area (Å²) in [5.41, 5.74) is 3.31. The van der Waals surface area contributed by atoms with E-state index in [2.05, 4.69) is 44.7 Å². The molecule has 0 aliphatic carbocycles. The molecule has 3 heterocycles. The van der Waals surface area contributed by atoms with Crippen molar-refractivity contribution in [2.75, 3.05) is 49.3 Å². The van der Waals surface area contributed by atoms with Gasteiger partial charge in [-0.1, -0.05) is 24.9 Å². The quantitative estimate of drug-likeness (QED) is 0.184. The summed E-state index contributed by atoms with van der Waals surface area (Å²) in [4.78, 5) is 41.4. The molecule has 1 aliphatic heterocycles. The number of aromatic nitrogens is 3. The third kappa shape index (κ3) is 6.02. The maximum atomic E-state index is 14.7. The lowest BCUT2D eigenvalue weighted by Gasteiger charge is -2.31. The number of rotatable bonds is 12. The minimum absolute atomic E-state index is 0.0766. The van der Waals surface area contributed by atoms with E-state index in [0.717, 1.165) is 43.6 Å². The van der Waals surface area contributed by atoms with Gasteiger partial charge in [-0.15, -0.1) is 0 Å². The number of amides is 2. The highest BCUT2D eigenvalue weighted by molar-refractivity contribution is 6.02. The van der Waals surface area contributed by atoms with Gasteiger partial charge in [0, 0.05) is 25.9 Å². The molecule has 44 heavy (non-hydrogen) atoms. The van der Waals surface area contributed by atoms with Crippen LogP contribution in [0, 0.1) is 5.82 Å². The summed E-state index contributed by atoms with van der Waals surface area (Å²) in [5.74, 6) is 0.237. The van der Waals surface area contributed by atoms with Crippen LogP contribution in [0.25, 0.3) is 11.0 Å². The highest BCUT2D eigenvalue weighted by Gasteiger charge is 2.32. The molecule has 12 heteroatoms. The molecule has 0 bridgehead atoms. The van der Waals surface area contributed by atoms with Crippen LogP contribution in [0.2, 0.25) is 0 Å². The number of aromatic amines is 2. The number of benzene rings is 2. The number of halogens is 1. The topological polar surface area (TPSA) is 129 Å². The monoisotopic (exact) mass is 603 g/mol. The van der Waals surface area contributed by atoms with Crippen molar-refractivity contribution < 1.29 is 23.7 Å². The second kappa shape index (κ2) is 13.3. The summed E-state index contributed by atoms with van der Waals surface area (Å²) < 4.78 is 20.4. The Kier molecular flexibility index (Phi) is 9.29. The Balaban J connectivity index is 1.48. The lowest BCUT2D eigenvalue weighted by molar-refractivity contribution is -0.333. The number of H-pyrrole nitrogens is 2. The molecular weight excluding hydrogens is 563 g/mol. The number of carbonyl (C=O) groups is 2. The first kappa shape index (κ1) is 30.7. The van der Waals surface area contributed by atoms with Crippen molar-refractivity contribution in [2.24, 2.45) is 0 Å². The minimum Gasteiger partial charge on any atom is -0.493 e. The average molecular weight is 604 g/mol. The zero-order valence-electron chi connectivity index (χ0n) is 25.8. The smallest absolute Gasteiger partial charge is 0.351 e. The Morgan fingerprint density at radius 1 is 1.16 bits per heavy atom. The second-order valence-corrected chi connectivity index (χ2v) is 10.8. The lowest BCUT2D eigenvalue weighted by Crippen LogP contribution is -2.47. The van der Waals surface area contributed by atoms with E-state index < -0.39 is 11.7 Å². The molecule has 1 aliphatic rings. The van der Waals surface area contributed by atoms with Crippen LogP contribution in [0.5, 0.6) is 5.75 Å². The Morgan fingerprint density at radius 3 is 2.64 bits per heavy atom. The molecule has 2 amide bonds. The van der Waals surface area contributed by atoms with E-state index in [1.54, 1.807) is 19.4 Å². The molecule has 0 radical (unpaired) electrons. The molecule has 1 atom stereocenters. The fraction of sp³-hybridized carbons (Fsp3) is 0.375. The predicted octanol–water partition coefficient (Wildman–Crippen LogP) is 4.77. The van der Waals surface area contributed by atoms with E-state index in [1.165, 1.54) is 19.2 Å². The highest BCUT2D eigenvalue weighted by atomic mass is 19.1. The molecule has 0 unspecified atom stereocenters. The van der Waals surface area contributed by atoms with E-state index >= 15 is 0 Å². The van der Waals surface area contributed by atoms with Gasteiger partial charge >= 0.3 is 5.95 Å². The Morgan fingerprint density at radius 2 is 1.93 bits per heavy atom. The predicted molar refractivity (Wildman–Crippen MR) is 170 cm³/mol. The number of carbonyl (C=O) groups excluding carboxylic acids is 2. The number of nitrogens with one attached hydrogen (secondary N) is 5. The number of nitrogens with zero attached hydrogens (tertiary/aromatic N) is 3. The zero-order chi connectivity index (χ0) is 31.4. The van der Waals surface area contributed by atoms with Crippen LogP contribution >= 0.6 is 0 Å². The lowest BCUT2D eigenvalue weighted by atomic mass is 10.1. The molecule has 5 rings (SSSR count). The molecule has 0 saturated carbocycles. The number of hydrogen-bond acceptors (Lipinski definition) is 7. The van der Waals surface area contributed by atoms with Gasteiger partial charge in [0.05, 0.1) is 35.5 Å². The van der Waals surface area contributed by atoms with Crippen LogP contribution < -0.4 is 30.6 Å². The fourth-order valence-corrected chi connectivity index (χ4v) is 5.75. The van der Waals surface area contributed by atoms with Gasteiger partial charge in [0.2, 0.25) is 17.4 Å². The maximum absolute atomic E-state index is 14.7. The molecule has 2 aromatic heterocycles. The molecular formula is C32H40FN8O3+. The number of ether oxygens (including phenoxy) is 1. The second-order valence-electron chi connectivity index (χ2n) is 10.8. The third-order valence-corrected chi connectivity index (χ3v) is 7.93. The van der Waals surface area contributed by atoms with Crippen LogP contribution in [0.15, 0.2) is 42.6 Å².